The normalized spacial score (nSPS) is 10.8. The lowest BCUT2D eigenvalue weighted by Gasteiger charge is -2.16. The highest BCUT2D eigenvalue weighted by Crippen LogP contribution is 2.31. The Kier molecular flexibility index (Phi) is 6.12. The second-order valence-electron chi connectivity index (χ2n) is 7.15. The maximum Gasteiger partial charge on any atom is 0.356 e. The molecule has 7 heteroatoms. The average Bonchev–Trinajstić information content (AvgIpc) is 2.80. The molecule has 0 spiro atoms. The number of carbonyl (C=O) groups is 2. The molecule has 160 valence electrons. The van der Waals surface area contributed by atoms with Crippen LogP contribution in [0.15, 0.2) is 77.6 Å². The van der Waals surface area contributed by atoms with Crippen molar-refractivity contribution >= 4 is 45.7 Å². The number of hydrogen-bond donors (Lipinski definition) is 0. The molecule has 0 saturated carbocycles. The van der Waals surface area contributed by atoms with Crippen molar-refractivity contribution in [3.05, 3.63) is 104 Å². The number of aromatic nitrogens is 1. The zero-order chi connectivity index (χ0) is 22.8. The van der Waals surface area contributed by atoms with Gasteiger partial charge in [-0.15, -0.1) is 0 Å². The van der Waals surface area contributed by atoms with Crippen LogP contribution >= 0.6 is 23.2 Å². The quantitative estimate of drug-likeness (QED) is 0.286. The summed E-state index contributed by atoms with van der Waals surface area (Å²) in [6.07, 6.45) is 0. The molecule has 1 aromatic heterocycles. The summed E-state index contributed by atoms with van der Waals surface area (Å²) in [7, 11) is 1.51. The van der Waals surface area contributed by atoms with Crippen LogP contribution in [-0.4, -0.2) is 22.9 Å². The highest BCUT2D eigenvalue weighted by Gasteiger charge is 2.23. The number of benzene rings is 3. The fourth-order valence-corrected chi connectivity index (χ4v) is 3.78. The van der Waals surface area contributed by atoms with E-state index >= 15 is 0 Å². The van der Waals surface area contributed by atoms with Gasteiger partial charge in [-0.25, -0.2) is 4.79 Å². The van der Waals surface area contributed by atoms with Gasteiger partial charge in [0.15, 0.2) is 12.4 Å². The molecular formula is C25H17Cl2NO4. The molecule has 3 aromatic carbocycles. The Morgan fingerprint density at radius 1 is 0.844 bits per heavy atom. The molecule has 0 aliphatic rings. The van der Waals surface area contributed by atoms with Gasteiger partial charge in [-0.2, -0.15) is 0 Å². The van der Waals surface area contributed by atoms with Crippen LogP contribution in [-0.2, 0) is 11.8 Å². The summed E-state index contributed by atoms with van der Waals surface area (Å²) < 4.78 is 6.59. The summed E-state index contributed by atoms with van der Waals surface area (Å²) in [4.78, 5) is 38.5. The van der Waals surface area contributed by atoms with Gasteiger partial charge < -0.3 is 9.30 Å². The Labute approximate surface area is 193 Å². The van der Waals surface area contributed by atoms with Crippen LogP contribution in [0.25, 0.3) is 21.9 Å². The topological polar surface area (TPSA) is 65.4 Å². The van der Waals surface area contributed by atoms with E-state index in [1.165, 1.54) is 11.6 Å². The van der Waals surface area contributed by atoms with Crippen LogP contribution in [0.5, 0.6) is 0 Å². The zero-order valence-electron chi connectivity index (χ0n) is 17.0. The van der Waals surface area contributed by atoms with E-state index in [1.54, 1.807) is 72.8 Å². The van der Waals surface area contributed by atoms with E-state index in [0.29, 0.717) is 37.5 Å². The number of ether oxygens (including phenoxy) is 1. The molecule has 5 nitrogen and oxygen atoms in total. The van der Waals surface area contributed by atoms with Crippen molar-refractivity contribution < 1.29 is 14.3 Å². The molecule has 0 saturated heterocycles. The Morgan fingerprint density at radius 2 is 1.41 bits per heavy atom. The molecule has 4 rings (SSSR count). The van der Waals surface area contributed by atoms with Crippen LogP contribution in [0.3, 0.4) is 0 Å². The van der Waals surface area contributed by atoms with Crippen LogP contribution in [0.4, 0.5) is 0 Å². The van der Waals surface area contributed by atoms with Crippen molar-refractivity contribution in [2.75, 3.05) is 6.61 Å². The molecule has 0 amide bonds. The van der Waals surface area contributed by atoms with Gasteiger partial charge in [0.2, 0.25) is 0 Å². The van der Waals surface area contributed by atoms with Crippen molar-refractivity contribution in [2.24, 2.45) is 7.05 Å². The van der Waals surface area contributed by atoms with Crippen molar-refractivity contribution in [3.63, 3.8) is 0 Å². The summed E-state index contributed by atoms with van der Waals surface area (Å²) in [5, 5.41) is 2.11. The van der Waals surface area contributed by atoms with Gasteiger partial charge in [-0.1, -0.05) is 53.5 Å². The summed E-state index contributed by atoms with van der Waals surface area (Å²) >= 11 is 11.9. The van der Waals surface area contributed by atoms with Crippen LogP contribution in [0, 0.1) is 0 Å². The molecule has 0 bridgehead atoms. The molecule has 0 fully saturated rings. The van der Waals surface area contributed by atoms with Crippen molar-refractivity contribution in [1.29, 1.82) is 0 Å². The molecule has 32 heavy (non-hydrogen) atoms. The number of esters is 1. The fraction of sp³-hybridized carbons (Fsp3) is 0.0800. The number of halogens is 2. The van der Waals surface area contributed by atoms with E-state index < -0.39 is 12.6 Å². The molecule has 0 aliphatic heterocycles. The van der Waals surface area contributed by atoms with Crippen LogP contribution in [0.2, 0.25) is 10.0 Å². The predicted octanol–water partition coefficient (Wildman–Crippen LogP) is 5.55. The molecule has 0 atom stereocenters. The zero-order valence-corrected chi connectivity index (χ0v) is 18.5. The number of rotatable bonds is 5. The first-order chi connectivity index (χ1) is 15.4. The Hall–Kier alpha value is -3.41. The second-order valence-corrected chi connectivity index (χ2v) is 8.02. The summed E-state index contributed by atoms with van der Waals surface area (Å²) in [6, 6.07) is 20.3. The maximum atomic E-state index is 13.1. The fourth-order valence-electron chi connectivity index (χ4n) is 3.53. The first-order valence-electron chi connectivity index (χ1n) is 9.70. The predicted molar refractivity (Wildman–Crippen MR) is 126 cm³/mol. The third kappa shape index (κ3) is 4.17. The number of nitrogens with zero attached hydrogens (tertiary/aromatic N) is 1. The van der Waals surface area contributed by atoms with Crippen molar-refractivity contribution in [2.45, 2.75) is 0 Å². The van der Waals surface area contributed by atoms with Crippen molar-refractivity contribution in [1.82, 2.24) is 4.57 Å². The smallest absolute Gasteiger partial charge is 0.356 e. The van der Waals surface area contributed by atoms with Crippen LogP contribution < -0.4 is 5.56 Å². The standard InChI is InChI=1S/C25H17Cl2NO4/c1-28-23(25(31)32-14-21(29)15-6-10-17(26)11-7-15)22(16-8-12-18(27)13-9-16)19-4-2-3-5-20(19)24(28)30/h2-13H,14H2,1H3. The van der Waals surface area contributed by atoms with Crippen molar-refractivity contribution in [3.8, 4) is 11.1 Å². The maximum absolute atomic E-state index is 13.1. The van der Waals surface area contributed by atoms with E-state index in [2.05, 4.69) is 0 Å². The van der Waals surface area contributed by atoms with Gasteiger partial charge in [0, 0.05) is 33.6 Å². The van der Waals surface area contributed by atoms with Gasteiger partial charge in [-0.3, -0.25) is 9.59 Å². The SMILES string of the molecule is Cn1c(C(=O)OCC(=O)c2ccc(Cl)cc2)c(-c2ccc(Cl)cc2)c2ccccc2c1=O. The lowest BCUT2D eigenvalue weighted by Crippen LogP contribution is -2.27. The van der Waals surface area contributed by atoms with Gasteiger partial charge >= 0.3 is 5.97 Å². The first kappa shape index (κ1) is 21.8. The molecule has 0 N–H and O–H groups in total. The molecule has 0 radical (unpaired) electrons. The minimum Gasteiger partial charge on any atom is -0.453 e. The Bertz CT molecular complexity index is 1390. The van der Waals surface area contributed by atoms with E-state index in [0.717, 1.165) is 0 Å². The van der Waals surface area contributed by atoms with Gasteiger partial charge in [0.05, 0.1) is 0 Å². The number of pyridine rings is 1. The number of ketones is 1. The minimum atomic E-state index is -0.775. The molecule has 0 unspecified atom stereocenters. The van der Waals surface area contributed by atoms with E-state index in [4.69, 9.17) is 27.9 Å². The first-order valence-corrected chi connectivity index (χ1v) is 10.5. The molecule has 0 aliphatic carbocycles. The number of carbonyl (C=O) groups excluding carboxylic acids is 2. The van der Waals surface area contributed by atoms with E-state index in [9.17, 15) is 14.4 Å². The summed E-state index contributed by atoms with van der Waals surface area (Å²) in [5.41, 5.74) is 1.31. The third-order valence-electron chi connectivity index (χ3n) is 5.13. The Balaban J connectivity index is 1.78. The van der Waals surface area contributed by atoms with Gasteiger partial charge in [-0.05, 0) is 53.4 Å². The number of fused-ring (bicyclic) bond motifs is 1. The van der Waals surface area contributed by atoms with Gasteiger partial charge in [0.25, 0.3) is 5.56 Å². The number of Topliss-reactive ketones (excluding diaryl/α,β-unsaturated/α-hetero) is 1. The van der Waals surface area contributed by atoms with Gasteiger partial charge in [0.1, 0.15) is 5.69 Å². The highest BCUT2D eigenvalue weighted by atomic mass is 35.5. The lowest BCUT2D eigenvalue weighted by molar-refractivity contribution is 0.0465. The molecular weight excluding hydrogens is 449 g/mol. The largest absolute Gasteiger partial charge is 0.453 e. The second kappa shape index (κ2) is 8.99. The average molecular weight is 466 g/mol. The third-order valence-corrected chi connectivity index (χ3v) is 5.63. The Morgan fingerprint density at radius 3 is 2.03 bits per heavy atom. The molecule has 4 aromatic rings. The summed E-state index contributed by atoms with van der Waals surface area (Å²) in [5.74, 6) is -1.16. The minimum absolute atomic E-state index is 0.0555. The van der Waals surface area contributed by atoms with E-state index in [1.807, 2.05) is 0 Å². The van der Waals surface area contributed by atoms with Crippen LogP contribution in [0.1, 0.15) is 20.8 Å². The van der Waals surface area contributed by atoms with E-state index in [-0.39, 0.29) is 17.0 Å². The molecule has 1 heterocycles. The lowest BCUT2D eigenvalue weighted by atomic mass is 9.97. The number of hydrogen-bond acceptors (Lipinski definition) is 4. The highest BCUT2D eigenvalue weighted by molar-refractivity contribution is 6.31. The summed E-state index contributed by atoms with van der Waals surface area (Å²) in [6.45, 7) is -0.471. The monoisotopic (exact) mass is 465 g/mol.